The maximum absolute atomic E-state index is 9.52. The van der Waals surface area contributed by atoms with Crippen molar-refractivity contribution in [3.05, 3.63) is 58.0 Å². The van der Waals surface area contributed by atoms with E-state index in [1.54, 1.807) is 11.3 Å². The molecule has 0 aliphatic carbocycles. The molecule has 0 aromatic carbocycles. The molecule has 1 fully saturated rings. The van der Waals surface area contributed by atoms with Crippen LogP contribution in [0.3, 0.4) is 0 Å². The summed E-state index contributed by atoms with van der Waals surface area (Å²) in [4.78, 5) is 10.9. The molecule has 4 rings (SSSR count). The molecule has 1 unspecified atom stereocenters. The van der Waals surface area contributed by atoms with Crippen LogP contribution in [0.5, 0.6) is 0 Å². The van der Waals surface area contributed by atoms with Gasteiger partial charge in [0, 0.05) is 73.7 Å². The summed E-state index contributed by atoms with van der Waals surface area (Å²) < 4.78 is 2.18. The fraction of sp³-hybridized carbons (Fsp3) is 0.421. The third-order valence-electron chi connectivity index (χ3n) is 4.93. The van der Waals surface area contributed by atoms with E-state index in [2.05, 4.69) is 55.2 Å². The number of hydrogen-bond donors (Lipinski definition) is 1. The third-order valence-corrected chi connectivity index (χ3v) is 6.57. The SMILES string of the molecule is OCCC1CN(Cc2cccn2-c2nccs2)CCN1Cc1cccs1. The highest BCUT2D eigenvalue weighted by Gasteiger charge is 2.27. The Bertz CT molecular complexity index is 784. The van der Waals surface area contributed by atoms with Crippen LogP contribution in [0.2, 0.25) is 0 Å². The number of thiazole rings is 1. The van der Waals surface area contributed by atoms with E-state index >= 15 is 0 Å². The van der Waals surface area contributed by atoms with Gasteiger partial charge in [-0.1, -0.05) is 6.07 Å². The molecule has 3 aromatic rings. The lowest BCUT2D eigenvalue weighted by molar-refractivity contribution is 0.0498. The van der Waals surface area contributed by atoms with Crippen LogP contribution in [0.25, 0.3) is 5.13 Å². The second-order valence-corrected chi connectivity index (χ2v) is 8.54. The fourth-order valence-corrected chi connectivity index (χ4v) is 5.02. The second kappa shape index (κ2) is 8.45. The zero-order valence-electron chi connectivity index (χ0n) is 14.7. The van der Waals surface area contributed by atoms with Gasteiger partial charge in [0.1, 0.15) is 0 Å². The first-order valence-electron chi connectivity index (χ1n) is 8.99. The van der Waals surface area contributed by atoms with Gasteiger partial charge in [-0.3, -0.25) is 14.4 Å². The molecule has 1 saturated heterocycles. The summed E-state index contributed by atoms with van der Waals surface area (Å²) in [7, 11) is 0. The summed E-state index contributed by atoms with van der Waals surface area (Å²) in [6.07, 6.45) is 4.77. The van der Waals surface area contributed by atoms with Crippen molar-refractivity contribution in [1.29, 1.82) is 0 Å². The molecule has 0 radical (unpaired) electrons. The molecule has 3 aromatic heterocycles. The quantitative estimate of drug-likeness (QED) is 0.676. The standard InChI is InChI=1S/C19H24N4OS2/c24-10-5-16-13-21(8-9-22(16)15-18-4-2-11-25-18)14-17-3-1-7-23(17)19-20-6-12-26-19/h1-4,6-7,11-12,16,24H,5,8-10,13-15H2. The van der Waals surface area contributed by atoms with Crippen LogP contribution in [0.15, 0.2) is 47.4 Å². The van der Waals surface area contributed by atoms with E-state index in [1.165, 1.54) is 10.6 Å². The van der Waals surface area contributed by atoms with E-state index in [4.69, 9.17) is 0 Å². The van der Waals surface area contributed by atoms with Crippen LogP contribution in [-0.4, -0.2) is 56.7 Å². The number of piperazine rings is 1. The molecule has 1 atom stereocenters. The number of rotatable bonds is 7. The summed E-state index contributed by atoms with van der Waals surface area (Å²) in [5, 5.41) is 14.7. The van der Waals surface area contributed by atoms with Gasteiger partial charge in [-0.25, -0.2) is 4.98 Å². The molecule has 1 aliphatic rings. The molecular weight excluding hydrogens is 364 g/mol. The van der Waals surface area contributed by atoms with Gasteiger partial charge in [-0.05, 0) is 30.0 Å². The monoisotopic (exact) mass is 388 g/mol. The van der Waals surface area contributed by atoms with E-state index in [-0.39, 0.29) is 6.61 Å². The van der Waals surface area contributed by atoms with Crippen LogP contribution in [0.1, 0.15) is 17.0 Å². The molecule has 138 valence electrons. The van der Waals surface area contributed by atoms with Crippen molar-refractivity contribution in [3.63, 3.8) is 0 Å². The zero-order chi connectivity index (χ0) is 17.8. The van der Waals surface area contributed by atoms with Crippen LogP contribution in [0.4, 0.5) is 0 Å². The van der Waals surface area contributed by atoms with Gasteiger partial charge in [0.15, 0.2) is 5.13 Å². The van der Waals surface area contributed by atoms with Gasteiger partial charge in [-0.2, -0.15) is 0 Å². The Labute approximate surface area is 162 Å². The predicted octanol–water partition coefficient (Wildman–Crippen LogP) is 3.06. The molecule has 0 amide bonds. The fourth-order valence-electron chi connectivity index (χ4n) is 3.63. The van der Waals surface area contributed by atoms with E-state index in [0.29, 0.717) is 6.04 Å². The van der Waals surface area contributed by atoms with Crippen molar-refractivity contribution in [2.45, 2.75) is 25.6 Å². The summed E-state index contributed by atoms with van der Waals surface area (Å²) >= 11 is 3.48. The van der Waals surface area contributed by atoms with Crippen molar-refractivity contribution in [3.8, 4) is 5.13 Å². The third kappa shape index (κ3) is 4.07. The van der Waals surface area contributed by atoms with E-state index < -0.39 is 0 Å². The predicted molar refractivity (Wildman–Crippen MR) is 107 cm³/mol. The van der Waals surface area contributed by atoms with Crippen molar-refractivity contribution in [2.75, 3.05) is 26.2 Å². The Morgan fingerprint density at radius 2 is 2.08 bits per heavy atom. The molecular formula is C19H24N4OS2. The Morgan fingerprint density at radius 1 is 1.12 bits per heavy atom. The zero-order valence-corrected chi connectivity index (χ0v) is 16.3. The van der Waals surface area contributed by atoms with Crippen LogP contribution in [0, 0.1) is 0 Å². The van der Waals surface area contributed by atoms with Crippen molar-refractivity contribution in [1.82, 2.24) is 19.4 Å². The van der Waals surface area contributed by atoms with Crippen LogP contribution < -0.4 is 0 Å². The maximum Gasteiger partial charge on any atom is 0.193 e. The molecule has 0 spiro atoms. The molecule has 1 N–H and O–H groups in total. The summed E-state index contributed by atoms with van der Waals surface area (Å²) in [5.74, 6) is 0. The van der Waals surface area contributed by atoms with Gasteiger partial charge < -0.3 is 5.11 Å². The minimum atomic E-state index is 0.245. The molecule has 0 saturated carbocycles. The highest BCUT2D eigenvalue weighted by atomic mass is 32.1. The lowest BCUT2D eigenvalue weighted by atomic mass is 10.1. The van der Waals surface area contributed by atoms with Crippen molar-refractivity contribution < 1.29 is 5.11 Å². The van der Waals surface area contributed by atoms with Crippen molar-refractivity contribution >= 4 is 22.7 Å². The molecule has 5 nitrogen and oxygen atoms in total. The number of nitrogens with zero attached hydrogens (tertiary/aromatic N) is 4. The van der Waals surface area contributed by atoms with Gasteiger partial charge >= 0.3 is 0 Å². The summed E-state index contributed by atoms with van der Waals surface area (Å²) in [5.41, 5.74) is 1.27. The van der Waals surface area contributed by atoms with Crippen molar-refractivity contribution in [2.24, 2.45) is 0 Å². The summed E-state index contributed by atoms with van der Waals surface area (Å²) in [6.45, 7) is 5.24. The number of thiophene rings is 1. The smallest absolute Gasteiger partial charge is 0.193 e. The molecule has 1 aliphatic heterocycles. The summed E-state index contributed by atoms with van der Waals surface area (Å²) in [6, 6.07) is 8.99. The molecule has 4 heterocycles. The Morgan fingerprint density at radius 3 is 2.85 bits per heavy atom. The average Bonchev–Trinajstić information content (AvgIpc) is 3.39. The van der Waals surface area contributed by atoms with Gasteiger partial charge in [0.25, 0.3) is 0 Å². The van der Waals surface area contributed by atoms with Crippen LogP contribution >= 0.6 is 22.7 Å². The van der Waals surface area contributed by atoms with Gasteiger partial charge in [-0.15, -0.1) is 22.7 Å². The first-order valence-corrected chi connectivity index (χ1v) is 10.7. The second-order valence-electron chi connectivity index (χ2n) is 6.64. The average molecular weight is 389 g/mol. The lowest BCUT2D eigenvalue weighted by Gasteiger charge is -2.41. The molecule has 26 heavy (non-hydrogen) atoms. The van der Waals surface area contributed by atoms with E-state index in [0.717, 1.165) is 44.3 Å². The minimum Gasteiger partial charge on any atom is -0.396 e. The first kappa shape index (κ1) is 17.9. The number of aliphatic hydroxyl groups excluding tert-OH is 1. The van der Waals surface area contributed by atoms with E-state index in [1.807, 2.05) is 22.9 Å². The van der Waals surface area contributed by atoms with Crippen LogP contribution in [-0.2, 0) is 13.1 Å². The first-order chi connectivity index (χ1) is 12.8. The van der Waals surface area contributed by atoms with E-state index in [9.17, 15) is 5.11 Å². The Hall–Kier alpha value is -1.51. The number of hydrogen-bond acceptors (Lipinski definition) is 6. The Kier molecular flexibility index (Phi) is 5.81. The number of aliphatic hydroxyl groups is 1. The lowest BCUT2D eigenvalue weighted by Crippen LogP contribution is -2.52. The highest BCUT2D eigenvalue weighted by molar-refractivity contribution is 7.12. The number of aromatic nitrogens is 2. The largest absolute Gasteiger partial charge is 0.396 e. The highest BCUT2D eigenvalue weighted by Crippen LogP contribution is 2.22. The normalized spacial score (nSPS) is 19.2. The molecule has 0 bridgehead atoms. The Balaban J connectivity index is 1.42. The van der Waals surface area contributed by atoms with Gasteiger partial charge in [0.05, 0.1) is 0 Å². The topological polar surface area (TPSA) is 44.5 Å². The minimum absolute atomic E-state index is 0.245. The molecule has 7 heteroatoms. The van der Waals surface area contributed by atoms with Gasteiger partial charge in [0.2, 0.25) is 0 Å². The maximum atomic E-state index is 9.52.